The number of nitrogens with one attached hydrogen (secondary N) is 1. The number of hydrogen-bond acceptors (Lipinski definition) is 8. The standard InChI is InChI=1S/C18H25N5O5S2/c1-10(2)7-23-15-14(17(25)22(4)18(23)26)16(20-11(3)19-15)29-8-13(24)21-12-5-6-30(27,28)9-12/h10,12H,5-9H2,1-4H3,(H,21,24)/t12-/m1/s1. The van der Waals surface area contributed by atoms with Crippen LogP contribution in [0, 0.1) is 12.8 Å². The van der Waals surface area contributed by atoms with Gasteiger partial charge >= 0.3 is 5.69 Å². The lowest BCUT2D eigenvalue weighted by molar-refractivity contribution is -0.119. The molecule has 0 aliphatic carbocycles. The largest absolute Gasteiger partial charge is 0.352 e. The van der Waals surface area contributed by atoms with Crippen LogP contribution in [0.5, 0.6) is 0 Å². The normalized spacial score (nSPS) is 18.2. The van der Waals surface area contributed by atoms with Crippen molar-refractivity contribution in [2.24, 2.45) is 13.0 Å². The Morgan fingerprint density at radius 2 is 2.00 bits per heavy atom. The summed E-state index contributed by atoms with van der Waals surface area (Å²) in [4.78, 5) is 46.4. The van der Waals surface area contributed by atoms with Crippen LogP contribution in [0.1, 0.15) is 26.1 Å². The lowest BCUT2D eigenvalue weighted by Crippen LogP contribution is -2.40. The molecule has 1 saturated heterocycles. The summed E-state index contributed by atoms with van der Waals surface area (Å²) in [6.07, 6.45) is 0.399. The first-order valence-electron chi connectivity index (χ1n) is 9.59. The number of aromatic nitrogens is 4. The minimum Gasteiger partial charge on any atom is -0.352 e. The zero-order valence-electron chi connectivity index (χ0n) is 17.3. The lowest BCUT2D eigenvalue weighted by atomic mass is 10.2. The highest BCUT2D eigenvalue weighted by Crippen LogP contribution is 2.23. The van der Waals surface area contributed by atoms with Gasteiger partial charge in [-0.1, -0.05) is 25.6 Å². The number of amides is 1. The van der Waals surface area contributed by atoms with Gasteiger partial charge in [0.05, 0.1) is 17.3 Å². The highest BCUT2D eigenvalue weighted by atomic mass is 32.2. The van der Waals surface area contributed by atoms with Crippen LogP contribution < -0.4 is 16.6 Å². The van der Waals surface area contributed by atoms with Crippen molar-refractivity contribution >= 4 is 38.5 Å². The molecule has 1 N–H and O–H groups in total. The lowest BCUT2D eigenvalue weighted by Gasteiger charge is -2.15. The molecule has 2 aromatic heterocycles. The van der Waals surface area contributed by atoms with Crippen molar-refractivity contribution < 1.29 is 13.2 Å². The number of carbonyl (C=O) groups excluding carboxylic acids is 1. The van der Waals surface area contributed by atoms with Crippen molar-refractivity contribution in [3.63, 3.8) is 0 Å². The van der Waals surface area contributed by atoms with E-state index < -0.39 is 27.1 Å². The smallest absolute Gasteiger partial charge is 0.332 e. The molecule has 0 aromatic carbocycles. The molecular formula is C18H25N5O5S2. The van der Waals surface area contributed by atoms with Gasteiger partial charge in [0, 0.05) is 19.6 Å². The number of rotatable bonds is 6. The monoisotopic (exact) mass is 455 g/mol. The molecule has 1 aliphatic rings. The van der Waals surface area contributed by atoms with E-state index in [4.69, 9.17) is 0 Å². The van der Waals surface area contributed by atoms with E-state index in [1.165, 1.54) is 11.6 Å². The van der Waals surface area contributed by atoms with Gasteiger partial charge in [-0.3, -0.25) is 18.7 Å². The van der Waals surface area contributed by atoms with Crippen molar-refractivity contribution in [1.29, 1.82) is 0 Å². The van der Waals surface area contributed by atoms with E-state index in [2.05, 4.69) is 15.3 Å². The van der Waals surface area contributed by atoms with E-state index in [0.717, 1.165) is 16.3 Å². The maximum atomic E-state index is 12.8. The minimum absolute atomic E-state index is 0.0332. The molecule has 3 rings (SSSR count). The SMILES string of the molecule is Cc1nc(SCC(=O)N[C@@H]2CCS(=O)(=O)C2)c2c(=O)n(C)c(=O)n(CC(C)C)c2n1. The van der Waals surface area contributed by atoms with Crippen LogP contribution in [-0.2, 0) is 28.2 Å². The number of carbonyl (C=O) groups is 1. The summed E-state index contributed by atoms with van der Waals surface area (Å²) >= 11 is 1.07. The molecule has 0 radical (unpaired) electrons. The van der Waals surface area contributed by atoms with Crippen LogP contribution in [0.2, 0.25) is 0 Å². The number of fused-ring (bicyclic) bond motifs is 1. The topological polar surface area (TPSA) is 133 Å². The predicted molar refractivity (Wildman–Crippen MR) is 115 cm³/mol. The second-order valence-electron chi connectivity index (χ2n) is 7.88. The first kappa shape index (κ1) is 22.5. The number of aryl methyl sites for hydroxylation is 1. The zero-order chi connectivity index (χ0) is 22.2. The van der Waals surface area contributed by atoms with Gasteiger partial charge in [0.2, 0.25) is 5.91 Å². The molecule has 12 heteroatoms. The van der Waals surface area contributed by atoms with E-state index in [1.54, 1.807) is 6.92 Å². The summed E-state index contributed by atoms with van der Waals surface area (Å²) in [6.45, 7) is 5.97. The van der Waals surface area contributed by atoms with Gasteiger partial charge in [-0.25, -0.2) is 23.2 Å². The molecule has 0 saturated carbocycles. The zero-order valence-corrected chi connectivity index (χ0v) is 19.0. The Labute approximate surface area is 178 Å². The molecule has 1 fully saturated rings. The second-order valence-corrected chi connectivity index (χ2v) is 11.1. The van der Waals surface area contributed by atoms with E-state index in [1.807, 2.05) is 13.8 Å². The van der Waals surface area contributed by atoms with Gasteiger partial charge in [-0.15, -0.1) is 0 Å². The first-order valence-corrected chi connectivity index (χ1v) is 12.4. The van der Waals surface area contributed by atoms with Crippen LogP contribution in [0.25, 0.3) is 11.0 Å². The molecule has 0 unspecified atom stereocenters. The Balaban J connectivity index is 1.92. The molecular weight excluding hydrogens is 430 g/mol. The Hall–Kier alpha value is -2.21. The summed E-state index contributed by atoms with van der Waals surface area (Å²) in [5.41, 5.74) is -0.704. The highest BCUT2D eigenvalue weighted by Gasteiger charge is 2.29. The third-order valence-corrected chi connectivity index (χ3v) is 7.49. The van der Waals surface area contributed by atoms with Crippen molar-refractivity contribution in [1.82, 2.24) is 24.4 Å². The van der Waals surface area contributed by atoms with Crippen LogP contribution in [0.4, 0.5) is 0 Å². The van der Waals surface area contributed by atoms with Gasteiger partial charge in [0.1, 0.15) is 16.2 Å². The second kappa shape index (κ2) is 8.50. The van der Waals surface area contributed by atoms with Crippen molar-refractivity contribution in [2.75, 3.05) is 17.3 Å². The fraction of sp³-hybridized carbons (Fsp3) is 0.611. The average Bonchev–Trinajstić information content (AvgIpc) is 2.99. The summed E-state index contributed by atoms with van der Waals surface area (Å²) in [5.74, 6) is 0.194. The molecule has 0 spiro atoms. The summed E-state index contributed by atoms with van der Waals surface area (Å²) < 4.78 is 25.6. The number of thioether (sulfide) groups is 1. The Bertz CT molecular complexity index is 1220. The molecule has 2 aromatic rings. The Morgan fingerprint density at radius 1 is 1.30 bits per heavy atom. The number of nitrogens with zero attached hydrogens (tertiary/aromatic N) is 4. The predicted octanol–water partition coefficient (Wildman–Crippen LogP) is -0.150. The van der Waals surface area contributed by atoms with Crippen LogP contribution in [-0.4, -0.2) is 56.7 Å². The number of sulfone groups is 1. The van der Waals surface area contributed by atoms with Gasteiger partial charge in [-0.2, -0.15) is 0 Å². The minimum atomic E-state index is -3.09. The van der Waals surface area contributed by atoms with Crippen molar-refractivity contribution in [3.05, 3.63) is 26.7 Å². The highest BCUT2D eigenvalue weighted by molar-refractivity contribution is 8.00. The van der Waals surface area contributed by atoms with E-state index in [-0.39, 0.29) is 40.1 Å². The summed E-state index contributed by atoms with van der Waals surface area (Å²) in [6, 6.07) is -0.393. The molecule has 3 heterocycles. The Kier molecular flexibility index (Phi) is 6.37. The maximum absolute atomic E-state index is 12.8. The molecule has 30 heavy (non-hydrogen) atoms. The van der Waals surface area contributed by atoms with Gasteiger partial charge < -0.3 is 5.32 Å². The molecule has 0 bridgehead atoms. The van der Waals surface area contributed by atoms with E-state index in [9.17, 15) is 22.8 Å². The molecule has 10 nitrogen and oxygen atoms in total. The molecule has 1 aliphatic heterocycles. The van der Waals surface area contributed by atoms with E-state index >= 15 is 0 Å². The number of hydrogen-bond donors (Lipinski definition) is 1. The Morgan fingerprint density at radius 3 is 2.60 bits per heavy atom. The average molecular weight is 456 g/mol. The fourth-order valence-electron chi connectivity index (χ4n) is 3.39. The van der Waals surface area contributed by atoms with Crippen LogP contribution >= 0.6 is 11.8 Å². The van der Waals surface area contributed by atoms with Crippen molar-refractivity contribution in [3.8, 4) is 0 Å². The van der Waals surface area contributed by atoms with E-state index in [0.29, 0.717) is 23.8 Å². The van der Waals surface area contributed by atoms with Crippen LogP contribution in [0.3, 0.4) is 0 Å². The van der Waals surface area contributed by atoms with Crippen molar-refractivity contribution in [2.45, 2.75) is 44.8 Å². The van der Waals surface area contributed by atoms with Gasteiger partial charge in [-0.05, 0) is 19.3 Å². The summed E-state index contributed by atoms with van der Waals surface area (Å²) in [7, 11) is -1.69. The third-order valence-electron chi connectivity index (χ3n) is 4.75. The van der Waals surface area contributed by atoms with Crippen LogP contribution in [0.15, 0.2) is 14.6 Å². The van der Waals surface area contributed by atoms with Gasteiger partial charge in [0.15, 0.2) is 15.5 Å². The first-order chi connectivity index (χ1) is 14.0. The quantitative estimate of drug-likeness (QED) is 0.470. The van der Waals surface area contributed by atoms with Gasteiger partial charge in [0.25, 0.3) is 5.56 Å². The molecule has 164 valence electrons. The fourth-order valence-corrected chi connectivity index (χ4v) is 5.93. The maximum Gasteiger partial charge on any atom is 0.332 e. The molecule has 1 amide bonds. The summed E-state index contributed by atoms with van der Waals surface area (Å²) in [5, 5.41) is 3.24. The third kappa shape index (κ3) is 4.75. The molecule has 1 atom stereocenters.